The van der Waals surface area contributed by atoms with Gasteiger partial charge in [-0.1, -0.05) is 6.07 Å². The molecule has 0 aliphatic carbocycles. The Kier molecular flexibility index (Phi) is 3.15. The molecule has 20 heavy (non-hydrogen) atoms. The summed E-state index contributed by atoms with van der Waals surface area (Å²) >= 11 is 5.91. The van der Waals surface area contributed by atoms with Gasteiger partial charge < -0.3 is 9.47 Å². The first-order chi connectivity index (χ1) is 9.67. The van der Waals surface area contributed by atoms with E-state index in [0.717, 1.165) is 0 Å². The van der Waals surface area contributed by atoms with Crippen LogP contribution >= 0.6 is 11.6 Å². The number of methoxy groups -OCH3 is 1. The van der Waals surface area contributed by atoms with Crippen LogP contribution in [0, 0.1) is 0 Å². The number of aromatic nitrogens is 4. The zero-order chi connectivity index (χ0) is 14.1. The van der Waals surface area contributed by atoms with Crippen molar-refractivity contribution in [3.8, 4) is 17.4 Å². The molecule has 0 aliphatic heterocycles. The Balaban J connectivity index is 2.05. The molecule has 1 aromatic carbocycles. The van der Waals surface area contributed by atoms with Crippen molar-refractivity contribution < 1.29 is 9.47 Å². The lowest BCUT2D eigenvalue weighted by Gasteiger charge is -2.07. The highest BCUT2D eigenvalue weighted by molar-refractivity contribution is 6.28. The molecule has 2 heterocycles. The van der Waals surface area contributed by atoms with Gasteiger partial charge in [-0.15, -0.1) is 0 Å². The third kappa shape index (κ3) is 2.25. The number of benzene rings is 1. The van der Waals surface area contributed by atoms with Crippen LogP contribution in [0.1, 0.15) is 0 Å². The average molecular weight is 291 g/mol. The van der Waals surface area contributed by atoms with E-state index in [4.69, 9.17) is 21.1 Å². The number of hydrogen-bond donors (Lipinski definition) is 0. The Morgan fingerprint density at radius 2 is 2.00 bits per heavy atom. The van der Waals surface area contributed by atoms with Crippen molar-refractivity contribution in [2.75, 3.05) is 7.11 Å². The number of fused-ring (bicyclic) bond motifs is 1. The van der Waals surface area contributed by atoms with Crippen LogP contribution in [0.25, 0.3) is 11.0 Å². The molecule has 0 unspecified atom stereocenters. The molecule has 0 saturated heterocycles. The van der Waals surface area contributed by atoms with E-state index in [1.54, 1.807) is 37.2 Å². The van der Waals surface area contributed by atoms with Gasteiger partial charge in [0.05, 0.1) is 13.3 Å². The number of ether oxygens (including phenoxy) is 2. The van der Waals surface area contributed by atoms with Crippen LogP contribution < -0.4 is 9.47 Å². The third-order valence-corrected chi connectivity index (χ3v) is 2.95. The van der Waals surface area contributed by atoms with Crippen LogP contribution in [0.3, 0.4) is 0 Å². The normalized spacial score (nSPS) is 10.8. The van der Waals surface area contributed by atoms with Gasteiger partial charge in [-0.25, -0.2) is 0 Å². The molecule has 7 heteroatoms. The number of rotatable bonds is 3. The molecule has 102 valence electrons. The Bertz CT molecular complexity index is 772. The van der Waals surface area contributed by atoms with Gasteiger partial charge in [-0.05, 0) is 23.7 Å². The fraction of sp³-hybridized carbons (Fsp3) is 0.154. The number of aryl methyl sites for hydroxylation is 1. The predicted octanol–water partition coefficient (Wildman–Crippen LogP) is 2.82. The Labute approximate surface area is 119 Å². The van der Waals surface area contributed by atoms with Gasteiger partial charge in [0, 0.05) is 13.1 Å². The van der Waals surface area contributed by atoms with Crippen LogP contribution in [-0.4, -0.2) is 26.9 Å². The molecule has 0 atom stereocenters. The summed E-state index contributed by atoms with van der Waals surface area (Å²) < 4.78 is 12.5. The standard InChI is InChI=1S/C13H11ClN4O2/c1-18-11-10(7-15-18)12(17-13(14)16-11)20-9-5-3-4-8(6-9)19-2/h3-7H,1-2H3. The van der Waals surface area contributed by atoms with Crippen molar-refractivity contribution in [2.45, 2.75) is 0 Å². The maximum absolute atomic E-state index is 5.91. The topological polar surface area (TPSA) is 62.1 Å². The van der Waals surface area contributed by atoms with E-state index >= 15 is 0 Å². The molecular weight excluding hydrogens is 280 g/mol. The zero-order valence-electron chi connectivity index (χ0n) is 10.9. The molecule has 0 bridgehead atoms. The minimum Gasteiger partial charge on any atom is -0.497 e. The first kappa shape index (κ1) is 12.7. The Morgan fingerprint density at radius 3 is 2.80 bits per heavy atom. The molecule has 0 N–H and O–H groups in total. The van der Waals surface area contributed by atoms with Crippen molar-refractivity contribution in [3.05, 3.63) is 35.7 Å². The summed E-state index contributed by atoms with van der Waals surface area (Å²) in [6.45, 7) is 0. The molecule has 0 spiro atoms. The fourth-order valence-electron chi connectivity index (χ4n) is 1.83. The molecule has 3 rings (SSSR count). The molecule has 2 aromatic heterocycles. The number of halogens is 1. The maximum Gasteiger partial charge on any atom is 0.234 e. The minimum atomic E-state index is 0.110. The van der Waals surface area contributed by atoms with E-state index in [1.807, 2.05) is 12.1 Å². The molecule has 0 aliphatic rings. The van der Waals surface area contributed by atoms with E-state index in [-0.39, 0.29) is 5.28 Å². The van der Waals surface area contributed by atoms with E-state index in [1.165, 1.54) is 0 Å². The first-order valence-electron chi connectivity index (χ1n) is 5.84. The quantitative estimate of drug-likeness (QED) is 0.694. The predicted molar refractivity (Wildman–Crippen MR) is 74.4 cm³/mol. The lowest BCUT2D eigenvalue weighted by molar-refractivity contribution is 0.408. The van der Waals surface area contributed by atoms with Crippen molar-refractivity contribution in [1.82, 2.24) is 19.7 Å². The summed E-state index contributed by atoms with van der Waals surface area (Å²) in [4.78, 5) is 8.22. The van der Waals surface area contributed by atoms with Crippen molar-refractivity contribution >= 4 is 22.6 Å². The summed E-state index contributed by atoms with van der Waals surface area (Å²) in [5.41, 5.74) is 0.614. The molecule has 3 aromatic rings. The lowest BCUT2D eigenvalue weighted by atomic mass is 10.3. The summed E-state index contributed by atoms with van der Waals surface area (Å²) in [5.74, 6) is 1.66. The highest BCUT2D eigenvalue weighted by atomic mass is 35.5. The molecular formula is C13H11ClN4O2. The SMILES string of the molecule is COc1cccc(Oc2nc(Cl)nc3c2cnn3C)c1. The highest BCUT2D eigenvalue weighted by Crippen LogP contribution is 2.29. The Hall–Kier alpha value is -2.34. The van der Waals surface area contributed by atoms with Gasteiger partial charge in [0.25, 0.3) is 0 Å². The summed E-state index contributed by atoms with van der Waals surface area (Å²) in [6.07, 6.45) is 1.64. The summed E-state index contributed by atoms with van der Waals surface area (Å²) in [6, 6.07) is 7.23. The second kappa shape index (κ2) is 4.97. The van der Waals surface area contributed by atoms with Crippen molar-refractivity contribution in [2.24, 2.45) is 7.05 Å². The smallest absolute Gasteiger partial charge is 0.234 e. The Morgan fingerprint density at radius 1 is 1.20 bits per heavy atom. The second-order valence-corrected chi connectivity index (χ2v) is 4.42. The summed E-state index contributed by atoms with van der Waals surface area (Å²) in [7, 11) is 3.38. The second-order valence-electron chi connectivity index (χ2n) is 4.08. The van der Waals surface area contributed by atoms with Crippen LogP contribution in [-0.2, 0) is 7.05 Å². The van der Waals surface area contributed by atoms with Crippen molar-refractivity contribution in [3.63, 3.8) is 0 Å². The van der Waals surface area contributed by atoms with Crippen LogP contribution in [0.15, 0.2) is 30.5 Å². The molecule has 0 fully saturated rings. The molecule has 0 amide bonds. The molecule has 0 saturated carbocycles. The highest BCUT2D eigenvalue weighted by Gasteiger charge is 2.12. The van der Waals surface area contributed by atoms with E-state index in [2.05, 4.69) is 15.1 Å². The van der Waals surface area contributed by atoms with Crippen LogP contribution in [0.4, 0.5) is 0 Å². The van der Waals surface area contributed by atoms with Gasteiger partial charge in [-0.2, -0.15) is 15.1 Å². The van der Waals surface area contributed by atoms with Crippen LogP contribution in [0.2, 0.25) is 5.28 Å². The van der Waals surface area contributed by atoms with E-state index < -0.39 is 0 Å². The van der Waals surface area contributed by atoms with Crippen LogP contribution in [0.5, 0.6) is 17.4 Å². The van der Waals surface area contributed by atoms with Gasteiger partial charge >= 0.3 is 0 Å². The lowest BCUT2D eigenvalue weighted by Crippen LogP contribution is -1.96. The molecule has 0 radical (unpaired) electrons. The number of hydrogen-bond acceptors (Lipinski definition) is 5. The van der Waals surface area contributed by atoms with Gasteiger partial charge in [-0.3, -0.25) is 4.68 Å². The fourth-order valence-corrected chi connectivity index (χ4v) is 1.98. The van der Waals surface area contributed by atoms with E-state index in [0.29, 0.717) is 28.4 Å². The average Bonchev–Trinajstić information content (AvgIpc) is 2.81. The van der Waals surface area contributed by atoms with Gasteiger partial charge in [0.1, 0.15) is 16.9 Å². The number of nitrogens with zero attached hydrogens (tertiary/aromatic N) is 4. The van der Waals surface area contributed by atoms with E-state index in [9.17, 15) is 0 Å². The minimum absolute atomic E-state index is 0.110. The van der Waals surface area contributed by atoms with Gasteiger partial charge in [0.2, 0.25) is 11.2 Å². The van der Waals surface area contributed by atoms with Gasteiger partial charge in [0.15, 0.2) is 5.65 Å². The monoisotopic (exact) mass is 290 g/mol. The largest absolute Gasteiger partial charge is 0.497 e. The zero-order valence-corrected chi connectivity index (χ0v) is 11.6. The molecule has 6 nitrogen and oxygen atoms in total. The maximum atomic E-state index is 5.91. The van der Waals surface area contributed by atoms with Crippen molar-refractivity contribution in [1.29, 1.82) is 0 Å². The first-order valence-corrected chi connectivity index (χ1v) is 6.22. The third-order valence-electron chi connectivity index (χ3n) is 2.79. The summed E-state index contributed by atoms with van der Waals surface area (Å²) in [5, 5.41) is 4.93.